The molecule has 10 rings (SSSR count). The molecule has 0 unspecified atom stereocenters. The molecule has 0 saturated heterocycles. The number of fused-ring (bicyclic) bond motifs is 5. The van der Waals surface area contributed by atoms with Crippen molar-refractivity contribution in [1.82, 2.24) is 0 Å². The van der Waals surface area contributed by atoms with Gasteiger partial charge in [0.2, 0.25) is 0 Å². The van der Waals surface area contributed by atoms with Gasteiger partial charge in [0.1, 0.15) is 0 Å². The highest BCUT2D eigenvalue weighted by Gasteiger charge is 2.20. The minimum atomic E-state index is 0.105. The summed E-state index contributed by atoms with van der Waals surface area (Å²) in [5.74, 6) is 0. The first-order chi connectivity index (χ1) is 26.4. The molecule has 0 bridgehead atoms. The predicted molar refractivity (Wildman–Crippen MR) is 234 cm³/mol. The van der Waals surface area contributed by atoms with Crippen LogP contribution < -0.4 is 0 Å². The Kier molecular flexibility index (Phi) is 7.49. The molecule has 0 aliphatic heterocycles. The third kappa shape index (κ3) is 5.21. The molecule has 0 atom stereocenters. The second-order valence-corrected chi connectivity index (χ2v) is 15.7. The summed E-state index contributed by atoms with van der Waals surface area (Å²) in [4.78, 5) is 0. The highest BCUT2D eigenvalue weighted by atomic mass is 14.2. The van der Waals surface area contributed by atoms with Gasteiger partial charge in [-0.25, -0.2) is 0 Å². The summed E-state index contributed by atoms with van der Waals surface area (Å²) in [6, 6.07) is 69.8. The van der Waals surface area contributed by atoms with E-state index in [-0.39, 0.29) is 5.41 Å². The number of hydrogen-bond donors (Lipinski definition) is 0. The Bertz CT molecular complexity index is 2930. The molecule has 0 saturated carbocycles. The van der Waals surface area contributed by atoms with Crippen LogP contribution in [0.15, 0.2) is 188 Å². The van der Waals surface area contributed by atoms with Gasteiger partial charge in [0.15, 0.2) is 0 Å². The summed E-state index contributed by atoms with van der Waals surface area (Å²) >= 11 is 0. The Morgan fingerprint density at radius 2 is 0.556 bits per heavy atom. The van der Waals surface area contributed by atoms with E-state index in [0.29, 0.717) is 0 Å². The van der Waals surface area contributed by atoms with Crippen molar-refractivity contribution in [2.75, 3.05) is 0 Å². The molecular formula is C54H40. The van der Waals surface area contributed by atoms with E-state index < -0.39 is 0 Å². The SMILES string of the molecule is CC(C)(C)c1ccc(-c2c3ccccc3c(-c3ccc4ccc(-c5c6ccccc6c(-c6ccccc6)c6ccccc56)cc4c3)c3ccccc23)cc1. The number of rotatable bonds is 4. The van der Waals surface area contributed by atoms with Crippen molar-refractivity contribution in [2.45, 2.75) is 26.2 Å². The zero-order chi connectivity index (χ0) is 36.4. The lowest BCUT2D eigenvalue weighted by atomic mass is 9.83. The summed E-state index contributed by atoms with van der Waals surface area (Å²) in [6.45, 7) is 6.83. The van der Waals surface area contributed by atoms with Crippen molar-refractivity contribution >= 4 is 53.9 Å². The van der Waals surface area contributed by atoms with E-state index in [1.165, 1.54) is 104 Å². The van der Waals surface area contributed by atoms with Gasteiger partial charge in [-0.15, -0.1) is 0 Å². The zero-order valence-electron chi connectivity index (χ0n) is 30.9. The zero-order valence-corrected chi connectivity index (χ0v) is 30.9. The smallest absolute Gasteiger partial charge is 0.00262 e. The monoisotopic (exact) mass is 688 g/mol. The van der Waals surface area contributed by atoms with Gasteiger partial charge in [-0.1, -0.05) is 197 Å². The van der Waals surface area contributed by atoms with Gasteiger partial charge >= 0.3 is 0 Å². The van der Waals surface area contributed by atoms with Crippen LogP contribution in [0.3, 0.4) is 0 Å². The first-order valence-corrected chi connectivity index (χ1v) is 19.0. The molecular weight excluding hydrogens is 649 g/mol. The Hall–Kier alpha value is -6.50. The van der Waals surface area contributed by atoms with Crippen LogP contribution in [0.5, 0.6) is 0 Å². The van der Waals surface area contributed by atoms with E-state index in [4.69, 9.17) is 0 Å². The maximum Gasteiger partial charge on any atom is -0.00262 e. The predicted octanol–water partition coefficient (Wildman–Crippen LogP) is 15.4. The lowest BCUT2D eigenvalue weighted by molar-refractivity contribution is 0.590. The van der Waals surface area contributed by atoms with Gasteiger partial charge in [0, 0.05) is 0 Å². The van der Waals surface area contributed by atoms with Crippen molar-refractivity contribution in [3.05, 3.63) is 194 Å². The van der Waals surface area contributed by atoms with Gasteiger partial charge in [-0.05, 0) is 121 Å². The molecule has 0 fully saturated rings. The Balaban J connectivity index is 1.20. The fourth-order valence-corrected chi connectivity index (χ4v) is 8.80. The third-order valence-corrected chi connectivity index (χ3v) is 11.4. The lowest BCUT2D eigenvalue weighted by Crippen LogP contribution is -2.10. The Morgan fingerprint density at radius 3 is 0.907 bits per heavy atom. The van der Waals surface area contributed by atoms with Crippen LogP contribution in [0.25, 0.3) is 98.4 Å². The van der Waals surface area contributed by atoms with Crippen LogP contribution in [0.2, 0.25) is 0 Å². The van der Waals surface area contributed by atoms with E-state index in [2.05, 4.69) is 209 Å². The van der Waals surface area contributed by atoms with E-state index in [9.17, 15) is 0 Å². The van der Waals surface area contributed by atoms with Crippen LogP contribution in [0.1, 0.15) is 26.3 Å². The molecule has 0 aromatic heterocycles. The standard InChI is InChI=1S/C54H40/c1-54(2,3)41-31-29-37(30-32-41)51-44-19-9-13-23-48(44)53(49-24-14-10-20-45(49)51)39-28-26-35-25-27-38(33-40(35)34-39)52-46-21-11-7-17-42(46)50(36-15-5-4-6-16-36)43-18-8-12-22-47(43)52/h4-34H,1-3H3. The lowest BCUT2D eigenvalue weighted by Gasteiger charge is -2.21. The van der Waals surface area contributed by atoms with Gasteiger partial charge < -0.3 is 0 Å². The molecule has 10 aromatic carbocycles. The summed E-state index contributed by atoms with van der Waals surface area (Å²) in [5.41, 5.74) is 11.6. The largest absolute Gasteiger partial charge is 0.0622 e. The molecule has 0 radical (unpaired) electrons. The molecule has 0 N–H and O–H groups in total. The molecule has 256 valence electrons. The maximum atomic E-state index is 2.41. The summed E-state index contributed by atoms with van der Waals surface area (Å²) in [7, 11) is 0. The van der Waals surface area contributed by atoms with Crippen LogP contribution in [0, 0.1) is 0 Å². The van der Waals surface area contributed by atoms with E-state index in [1.807, 2.05) is 0 Å². The fourth-order valence-electron chi connectivity index (χ4n) is 8.80. The van der Waals surface area contributed by atoms with Crippen molar-refractivity contribution in [1.29, 1.82) is 0 Å². The number of benzene rings is 10. The van der Waals surface area contributed by atoms with Crippen molar-refractivity contribution in [2.24, 2.45) is 0 Å². The molecule has 0 spiro atoms. The summed E-state index contributed by atoms with van der Waals surface area (Å²) in [5, 5.41) is 12.7. The minimum Gasteiger partial charge on any atom is -0.0622 e. The topological polar surface area (TPSA) is 0 Å². The fraction of sp³-hybridized carbons (Fsp3) is 0.0741. The average Bonchev–Trinajstić information content (AvgIpc) is 3.21. The minimum absolute atomic E-state index is 0.105. The molecule has 0 nitrogen and oxygen atoms in total. The first kappa shape index (κ1) is 32.2. The first-order valence-electron chi connectivity index (χ1n) is 19.0. The van der Waals surface area contributed by atoms with Gasteiger partial charge in [-0.2, -0.15) is 0 Å². The third-order valence-electron chi connectivity index (χ3n) is 11.4. The second-order valence-electron chi connectivity index (χ2n) is 15.7. The molecule has 0 amide bonds. The Morgan fingerprint density at radius 1 is 0.259 bits per heavy atom. The summed E-state index contributed by atoms with van der Waals surface area (Å²) < 4.78 is 0. The van der Waals surface area contributed by atoms with Crippen molar-refractivity contribution in [3.63, 3.8) is 0 Å². The molecule has 0 aliphatic rings. The molecule has 0 heteroatoms. The quantitative estimate of drug-likeness (QED) is 0.161. The van der Waals surface area contributed by atoms with Crippen LogP contribution in [0.4, 0.5) is 0 Å². The normalized spacial score (nSPS) is 12.0. The maximum absolute atomic E-state index is 2.41. The molecule has 10 aromatic rings. The Labute approximate surface area is 317 Å². The van der Waals surface area contributed by atoms with E-state index in [1.54, 1.807) is 0 Å². The summed E-state index contributed by atoms with van der Waals surface area (Å²) in [6.07, 6.45) is 0. The molecule has 0 heterocycles. The van der Waals surface area contributed by atoms with Crippen LogP contribution in [-0.4, -0.2) is 0 Å². The number of hydrogen-bond acceptors (Lipinski definition) is 0. The van der Waals surface area contributed by atoms with Gasteiger partial charge in [0.05, 0.1) is 0 Å². The van der Waals surface area contributed by atoms with Crippen molar-refractivity contribution < 1.29 is 0 Å². The van der Waals surface area contributed by atoms with Crippen LogP contribution in [-0.2, 0) is 5.41 Å². The van der Waals surface area contributed by atoms with Gasteiger partial charge in [0.25, 0.3) is 0 Å². The van der Waals surface area contributed by atoms with Crippen LogP contribution >= 0.6 is 0 Å². The average molecular weight is 689 g/mol. The second kappa shape index (κ2) is 12.6. The molecule has 54 heavy (non-hydrogen) atoms. The molecule has 0 aliphatic carbocycles. The highest BCUT2D eigenvalue weighted by molar-refractivity contribution is 6.23. The van der Waals surface area contributed by atoms with E-state index in [0.717, 1.165) is 0 Å². The highest BCUT2D eigenvalue weighted by Crippen LogP contribution is 2.46. The van der Waals surface area contributed by atoms with Crippen molar-refractivity contribution in [3.8, 4) is 44.5 Å². The van der Waals surface area contributed by atoms with E-state index >= 15 is 0 Å². The van der Waals surface area contributed by atoms with Gasteiger partial charge in [-0.3, -0.25) is 0 Å².